The second-order valence-corrected chi connectivity index (χ2v) is 8.25. The number of methoxy groups -OCH3 is 4. The van der Waals surface area contributed by atoms with E-state index in [0.29, 0.717) is 11.8 Å². The summed E-state index contributed by atoms with van der Waals surface area (Å²) in [5.74, 6) is 4.98. The molecule has 2 aromatic carbocycles. The predicted molar refractivity (Wildman–Crippen MR) is 108 cm³/mol. The fourth-order valence-electron chi connectivity index (χ4n) is 6.61. The number of ether oxygens (including phenoxy) is 4. The quantitative estimate of drug-likeness (QED) is 0.781. The van der Waals surface area contributed by atoms with Crippen LogP contribution >= 0.6 is 0 Å². The lowest BCUT2D eigenvalue weighted by atomic mass is 9.59. The number of fused-ring (bicyclic) bond motifs is 2. The van der Waals surface area contributed by atoms with Gasteiger partial charge in [-0.05, 0) is 61.8 Å². The zero-order valence-electron chi connectivity index (χ0n) is 17.1. The summed E-state index contributed by atoms with van der Waals surface area (Å²) >= 11 is 0. The van der Waals surface area contributed by atoms with Gasteiger partial charge >= 0.3 is 0 Å². The minimum Gasteiger partial charge on any atom is -0.496 e. The fraction of sp³-hybridized carbons (Fsp3) is 0.500. The molecule has 1 saturated carbocycles. The Labute approximate surface area is 166 Å². The SMILES string of the molecule is COc1ccc(OC)c2c1C[C@@H]1CCC[C@H]3Cc4c(OC)ccc(OC)c4C213. The smallest absolute Gasteiger partial charge is 0.123 e. The van der Waals surface area contributed by atoms with Crippen molar-refractivity contribution in [2.75, 3.05) is 28.4 Å². The highest BCUT2D eigenvalue weighted by Gasteiger charge is 2.61. The van der Waals surface area contributed by atoms with Gasteiger partial charge in [-0.3, -0.25) is 0 Å². The summed E-state index contributed by atoms with van der Waals surface area (Å²) in [6, 6.07) is 8.26. The third-order valence-electron chi connectivity index (χ3n) is 7.46. The summed E-state index contributed by atoms with van der Waals surface area (Å²) in [7, 11) is 7.10. The average Bonchev–Trinajstić information content (AvgIpc) is 3.27. The highest BCUT2D eigenvalue weighted by molar-refractivity contribution is 5.69. The molecule has 0 aromatic heterocycles. The molecule has 1 fully saturated rings. The Kier molecular flexibility index (Phi) is 4.01. The van der Waals surface area contributed by atoms with Gasteiger partial charge in [-0.1, -0.05) is 6.42 Å². The second-order valence-electron chi connectivity index (χ2n) is 8.25. The first kappa shape index (κ1) is 17.7. The second kappa shape index (κ2) is 6.33. The molecule has 0 N–H and O–H groups in total. The molecule has 2 aromatic rings. The van der Waals surface area contributed by atoms with Crippen LogP contribution in [0.4, 0.5) is 0 Å². The minimum atomic E-state index is -0.0807. The van der Waals surface area contributed by atoms with Gasteiger partial charge in [0.05, 0.1) is 28.4 Å². The molecule has 5 rings (SSSR count). The predicted octanol–water partition coefficient (Wildman–Crippen LogP) is 4.54. The molecule has 3 aliphatic rings. The van der Waals surface area contributed by atoms with Gasteiger partial charge in [0.1, 0.15) is 23.0 Å². The summed E-state index contributed by atoms with van der Waals surface area (Å²) in [5, 5.41) is 0. The van der Waals surface area contributed by atoms with Crippen LogP contribution in [0.5, 0.6) is 23.0 Å². The van der Waals surface area contributed by atoms with Gasteiger partial charge in [0, 0.05) is 27.7 Å². The van der Waals surface area contributed by atoms with Gasteiger partial charge in [-0.2, -0.15) is 0 Å². The van der Waals surface area contributed by atoms with Crippen LogP contribution in [-0.2, 0) is 18.3 Å². The van der Waals surface area contributed by atoms with Gasteiger partial charge in [-0.15, -0.1) is 0 Å². The van der Waals surface area contributed by atoms with Crippen LogP contribution in [-0.4, -0.2) is 28.4 Å². The van der Waals surface area contributed by atoms with Crippen LogP contribution in [0.1, 0.15) is 41.5 Å². The fourth-order valence-corrected chi connectivity index (χ4v) is 6.61. The van der Waals surface area contributed by atoms with E-state index in [2.05, 4.69) is 24.3 Å². The van der Waals surface area contributed by atoms with E-state index in [-0.39, 0.29) is 5.41 Å². The summed E-state index contributed by atoms with van der Waals surface area (Å²) in [5.41, 5.74) is 5.21. The molecular formula is C24H28O4. The Morgan fingerprint density at radius 1 is 0.643 bits per heavy atom. The zero-order valence-corrected chi connectivity index (χ0v) is 17.1. The molecule has 0 aliphatic heterocycles. The van der Waals surface area contributed by atoms with Crippen LogP contribution < -0.4 is 18.9 Å². The van der Waals surface area contributed by atoms with E-state index >= 15 is 0 Å². The zero-order chi connectivity index (χ0) is 19.5. The van der Waals surface area contributed by atoms with E-state index in [1.54, 1.807) is 28.4 Å². The molecular weight excluding hydrogens is 352 g/mol. The molecule has 0 unspecified atom stereocenters. The summed E-state index contributed by atoms with van der Waals surface area (Å²) in [6.07, 6.45) is 5.78. The van der Waals surface area contributed by atoms with Crippen LogP contribution in [0, 0.1) is 11.8 Å². The maximum Gasteiger partial charge on any atom is 0.123 e. The topological polar surface area (TPSA) is 36.9 Å². The van der Waals surface area contributed by atoms with Crippen molar-refractivity contribution in [3.63, 3.8) is 0 Å². The van der Waals surface area contributed by atoms with Crippen molar-refractivity contribution in [1.29, 1.82) is 0 Å². The largest absolute Gasteiger partial charge is 0.496 e. The molecule has 2 atom stereocenters. The molecule has 4 heteroatoms. The van der Waals surface area contributed by atoms with Gasteiger partial charge in [0.25, 0.3) is 0 Å². The number of hydrogen-bond donors (Lipinski definition) is 0. The van der Waals surface area contributed by atoms with Crippen LogP contribution in [0.25, 0.3) is 0 Å². The van der Waals surface area contributed by atoms with E-state index in [1.807, 2.05) is 0 Å². The first-order chi connectivity index (χ1) is 13.7. The molecule has 0 bridgehead atoms. The first-order valence-corrected chi connectivity index (χ1v) is 10.2. The van der Waals surface area contributed by atoms with E-state index in [9.17, 15) is 0 Å². The van der Waals surface area contributed by atoms with Gasteiger partial charge in [0.2, 0.25) is 0 Å². The molecule has 0 radical (unpaired) electrons. The van der Waals surface area contributed by atoms with Crippen LogP contribution in [0.3, 0.4) is 0 Å². The first-order valence-electron chi connectivity index (χ1n) is 10.2. The highest BCUT2D eigenvalue weighted by atomic mass is 16.5. The third-order valence-corrected chi connectivity index (χ3v) is 7.46. The highest BCUT2D eigenvalue weighted by Crippen LogP contribution is 2.68. The molecule has 0 saturated heterocycles. The van der Waals surface area contributed by atoms with E-state index < -0.39 is 0 Å². The Morgan fingerprint density at radius 2 is 1.04 bits per heavy atom. The lowest BCUT2D eigenvalue weighted by Gasteiger charge is -2.44. The number of benzene rings is 2. The lowest BCUT2D eigenvalue weighted by Crippen LogP contribution is -2.41. The Balaban J connectivity index is 1.89. The lowest BCUT2D eigenvalue weighted by molar-refractivity contribution is 0.170. The molecule has 148 valence electrons. The van der Waals surface area contributed by atoms with Crippen molar-refractivity contribution in [2.45, 2.75) is 37.5 Å². The molecule has 4 nitrogen and oxygen atoms in total. The Hall–Kier alpha value is -2.36. The van der Waals surface area contributed by atoms with Crippen LogP contribution in [0.15, 0.2) is 24.3 Å². The summed E-state index contributed by atoms with van der Waals surface area (Å²) in [4.78, 5) is 0. The van der Waals surface area contributed by atoms with E-state index in [4.69, 9.17) is 18.9 Å². The maximum absolute atomic E-state index is 5.93. The summed E-state index contributed by atoms with van der Waals surface area (Å²) in [6.45, 7) is 0. The Bertz CT molecular complexity index is 857. The van der Waals surface area contributed by atoms with Gasteiger partial charge in [0.15, 0.2) is 0 Å². The molecule has 0 amide bonds. The Morgan fingerprint density at radius 3 is 1.43 bits per heavy atom. The van der Waals surface area contributed by atoms with Crippen molar-refractivity contribution in [1.82, 2.24) is 0 Å². The molecule has 28 heavy (non-hydrogen) atoms. The van der Waals surface area contributed by atoms with Gasteiger partial charge < -0.3 is 18.9 Å². The molecule has 1 spiro atoms. The number of rotatable bonds is 4. The minimum absolute atomic E-state index is 0.0807. The van der Waals surface area contributed by atoms with Crippen molar-refractivity contribution < 1.29 is 18.9 Å². The van der Waals surface area contributed by atoms with Crippen molar-refractivity contribution in [3.05, 3.63) is 46.5 Å². The van der Waals surface area contributed by atoms with E-state index in [0.717, 1.165) is 35.8 Å². The summed E-state index contributed by atoms with van der Waals surface area (Å²) < 4.78 is 23.4. The maximum atomic E-state index is 5.93. The van der Waals surface area contributed by atoms with Crippen molar-refractivity contribution >= 4 is 0 Å². The third kappa shape index (κ3) is 2.01. The van der Waals surface area contributed by atoms with Crippen molar-refractivity contribution in [3.8, 4) is 23.0 Å². The van der Waals surface area contributed by atoms with Gasteiger partial charge in [-0.25, -0.2) is 0 Å². The standard InChI is InChI=1S/C24H28O4/c1-25-18-8-10-20(27-3)22-16(18)12-14-6-5-7-15-13-17-19(26-2)9-11-21(28-4)23(17)24(14,15)22/h8-11,14-15H,5-7,12-13H2,1-4H3/t14-,15-,24?/m0/s1. The van der Waals surface area contributed by atoms with E-state index in [1.165, 1.54) is 41.5 Å². The average molecular weight is 380 g/mol. The molecule has 3 aliphatic carbocycles. The monoisotopic (exact) mass is 380 g/mol. The van der Waals surface area contributed by atoms with Crippen LogP contribution in [0.2, 0.25) is 0 Å². The van der Waals surface area contributed by atoms with Crippen molar-refractivity contribution in [2.24, 2.45) is 11.8 Å². The molecule has 0 heterocycles. The number of hydrogen-bond acceptors (Lipinski definition) is 4. The normalized spacial score (nSPS) is 26.7.